The number of amides is 1. The second kappa shape index (κ2) is 5.67. The van der Waals surface area contributed by atoms with Gasteiger partial charge in [0.1, 0.15) is 5.69 Å². The first-order valence-electron chi connectivity index (χ1n) is 7.18. The molecule has 2 heterocycles. The van der Waals surface area contributed by atoms with Crippen molar-refractivity contribution in [3.63, 3.8) is 0 Å². The highest BCUT2D eigenvalue weighted by Gasteiger charge is 2.23. The second-order valence-corrected chi connectivity index (χ2v) is 5.53. The van der Waals surface area contributed by atoms with Crippen molar-refractivity contribution in [3.8, 4) is 0 Å². The van der Waals surface area contributed by atoms with Gasteiger partial charge in [-0.2, -0.15) is 5.10 Å². The Kier molecular flexibility index (Phi) is 3.70. The maximum Gasteiger partial charge on any atom is 0.271 e. The number of hydrogen-bond donors (Lipinski definition) is 1. The molecule has 0 fully saturated rings. The van der Waals surface area contributed by atoms with Gasteiger partial charge in [0.05, 0.1) is 17.6 Å². The van der Waals surface area contributed by atoms with Gasteiger partial charge in [-0.25, -0.2) is 9.67 Å². The maximum atomic E-state index is 12.2. The number of aryl methyl sites for hydroxylation is 3. The molecule has 1 unspecified atom stereocenters. The summed E-state index contributed by atoms with van der Waals surface area (Å²) < 4.78 is 1.35. The zero-order valence-corrected chi connectivity index (χ0v) is 12.5. The van der Waals surface area contributed by atoms with Gasteiger partial charge >= 0.3 is 0 Å². The molecule has 114 valence electrons. The summed E-state index contributed by atoms with van der Waals surface area (Å²) in [5, 5.41) is 7.22. The van der Waals surface area contributed by atoms with Gasteiger partial charge in [-0.3, -0.25) is 14.6 Å². The van der Waals surface area contributed by atoms with Gasteiger partial charge in [0.15, 0.2) is 0 Å². The van der Waals surface area contributed by atoms with Crippen molar-refractivity contribution in [2.45, 2.75) is 32.2 Å². The molecule has 0 aliphatic heterocycles. The van der Waals surface area contributed by atoms with Crippen molar-refractivity contribution in [3.05, 3.63) is 51.5 Å². The third-order valence-corrected chi connectivity index (χ3v) is 3.80. The molecule has 3 rings (SSSR count). The van der Waals surface area contributed by atoms with Crippen LogP contribution in [0.4, 0.5) is 0 Å². The van der Waals surface area contributed by atoms with Crippen molar-refractivity contribution in [1.29, 1.82) is 0 Å². The zero-order valence-electron chi connectivity index (χ0n) is 12.5. The molecule has 0 aromatic carbocycles. The summed E-state index contributed by atoms with van der Waals surface area (Å²) in [6.07, 6.45) is 5.19. The molecule has 0 spiro atoms. The fourth-order valence-electron chi connectivity index (χ4n) is 2.58. The molecule has 0 bridgehead atoms. The van der Waals surface area contributed by atoms with Gasteiger partial charge in [-0.05, 0) is 31.7 Å². The Bertz CT molecular complexity index is 766. The highest BCUT2D eigenvalue weighted by molar-refractivity contribution is 5.92. The Balaban J connectivity index is 1.72. The van der Waals surface area contributed by atoms with Crippen LogP contribution < -0.4 is 10.9 Å². The first-order valence-corrected chi connectivity index (χ1v) is 7.18. The molecule has 2 aromatic rings. The molecule has 0 radical (unpaired) electrons. The lowest BCUT2D eigenvalue weighted by atomic mass is 9.92. The molecule has 7 nitrogen and oxygen atoms in total. The van der Waals surface area contributed by atoms with Gasteiger partial charge in [0, 0.05) is 25.4 Å². The molecule has 0 saturated carbocycles. The predicted molar refractivity (Wildman–Crippen MR) is 79.5 cm³/mol. The van der Waals surface area contributed by atoms with Crippen LogP contribution in [-0.4, -0.2) is 31.7 Å². The number of nitrogens with zero attached hydrogens (tertiary/aromatic N) is 4. The Morgan fingerprint density at radius 2 is 2.18 bits per heavy atom. The summed E-state index contributed by atoms with van der Waals surface area (Å²) in [7, 11) is 1.65. The van der Waals surface area contributed by atoms with Crippen LogP contribution >= 0.6 is 0 Å². The first kappa shape index (κ1) is 14.4. The monoisotopic (exact) mass is 299 g/mol. The Morgan fingerprint density at radius 1 is 1.36 bits per heavy atom. The van der Waals surface area contributed by atoms with Crippen LogP contribution in [0.2, 0.25) is 0 Å². The highest BCUT2D eigenvalue weighted by Crippen LogP contribution is 2.18. The third-order valence-electron chi connectivity index (χ3n) is 3.80. The average Bonchev–Trinajstić information content (AvgIpc) is 2.49. The quantitative estimate of drug-likeness (QED) is 0.853. The van der Waals surface area contributed by atoms with Gasteiger partial charge in [0.2, 0.25) is 0 Å². The fraction of sp³-hybridized carbons (Fsp3) is 0.400. The van der Waals surface area contributed by atoms with Crippen LogP contribution in [0, 0.1) is 6.92 Å². The van der Waals surface area contributed by atoms with Gasteiger partial charge in [-0.1, -0.05) is 0 Å². The molecule has 1 aliphatic carbocycles. The number of rotatable bonds is 2. The van der Waals surface area contributed by atoms with Gasteiger partial charge in [0.25, 0.3) is 11.5 Å². The van der Waals surface area contributed by atoms with E-state index in [-0.39, 0.29) is 17.5 Å². The normalized spacial score (nSPS) is 16.9. The molecular weight excluding hydrogens is 282 g/mol. The van der Waals surface area contributed by atoms with E-state index in [4.69, 9.17) is 0 Å². The van der Waals surface area contributed by atoms with Crippen molar-refractivity contribution in [2.24, 2.45) is 7.05 Å². The van der Waals surface area contributed by atoms with Crippen LogP contribution in [0.5, 0.6) is 0 Å². The summed E-state index contributed by atoms with van der Waals surface area (Å²) in [5.74, 6) is -0.238. The van der Waals surface area contributed by atoms with E-state index in [2.05, 4.69) is 20.4 Å². The molecular formula is C15H17N5O2. The number of carbonyl (C=O) groups excluding carboxylic acids is 1. The SMILES string of the molecule is Cc1cnc(C(=O)NC2CCc3nn(C)c(=O)cc3C2)cn1. The summed E-state index contributed by atoms with van der Waals surface area (Å²) in [6.45, 7) is 1.82. The summed E-state index contributed by atoms with van der Waals surface area (Å²) in [4.78, 5) is 32.0. The Morgan fingerprint density at radius 3 is 2.91 bits per heavy atom. The van der Waals surface area contributed by atoms with E-state index in [1.807, 2.05) is 6.92 Å². The van der Waals surface area contributed by atoms with Crippen molar-refractivity contribution in [1.82, 2.24) is 25.1 Å². The standard InChI is InChI=1S/C15H17N5O2/c1-9-7-17-13(8-16-9)15(22)18-11-3-4-12-10(5-11)6-14(21)20(2)19-12/h6-8,11H,3-5H2,1-2H3,(H,18,22). The number of fused-ring (bicyclic) bond motifs is 1. The zero-order chi connectivity index (χ0) is 15.7. The highest BCUT2D eigenvalue weighted by atomic mass is 16.2. The Hall–Kier alpha value is -2.57. The van der Waals surface area contributed by atoms with Crippen LogP contribution in [-0.2, 0) is 19.9 Å². The predicted octanol–water partition coefficient (Wildman–Crippen LogP) is 0.166. The molecule has 1 N–H and O–H groups in total. The molecule has 22 heavy (non-hydrogen) atoms. The van der Waals surface area contributed by atoms with Gasteiger partial charge in [-0.15, -0.1) is 0 Å². The van der Waals surface area contributed by atoms with E-state index in [1.54, 1.807) is 19.3 Å². The fourth-order valence-corrected chi connectivity index (χ4v) is 2.58. The molecule has 7 heteroatoms. The van der Waals surface area contributed by atoms with Crippen molar-refractivity contribution < 1.29 is 4.79 Å². The summed E-state index contributed by atoms with van der Waals surface area (Å²) in [5.41, 5.74) is 2.79. The molecule has 0 saturated heterocycles. The van der Waals surface area contributed by atoms with Gasteiger partial charge < -0.3 is 5.32 Å². The van der Waals surface area contributed by atoms with E-state index in [9.17, 15) is 9.59 Å². The van der Waals surface area contributed by atoms with E-state index in [1.165, 1.54) is 10.9 Å². The van der Waals surface area contributed by atoms with E-state index < -0.39 is 0 Å². The lowest BCUT2D eigenvalue weighted by Crippen LogP contribution is -2.40. The van der Waals surface area contributed by atoms with E-state index in [0.717, 1.165) is 29.8 Å². The smallest absolute Gasteiger partial charge is 0.271 e. The van der Waals surface area contributed by atoms with Crippen molar-refractivity contribution in [2.75, 3.05) is 0 Å². The number of hydrogen-bond acceptors (Lipinski definition) is 5. The number of aromatic nitrogens is 4. The lowest BCUT2D eigenvalue weighted by molar-refractivity contribution is 0.0928. The van der Waals surface area contributed by atoms with Crippen LogP contribution in [0.25, 0.3) is 0 Å². The van der Waals surface area contributed by atoms with Crippen molar-refractivity contribution >= 4 is 5.91 Å². The number of carbonyl (C=O) groups is 1. The first-order chi connectivity index (χ1) is 10.5. The molecule has 1 atom stereocenters. The minimum Gasteiger partial charge on any atom is -0.348 e. The van der Waals surface area contributed by atoms with Crippen LogP contribution in [0.15, 0.2) is 23.3 Å². The molecule has 1 aliphatic rings. The molecule has 1 amide bonds. The average molecular weight is 299 g/mol. The summed E-state index contributed by atoms with van der Waals surface area (Å²) >= 11 is 0. The van der Waals surface area contributed by atoms with Crippen LogP contribution in [0.3, 0.4) is 0 Å². The van der Waals surface area contributed by atoms with E-state index in [0.29, 0.717) is 12.1 Å². The van der Waals surface area contributed by atoms with Crippen LogP contribution in [0.1, 0.15) is 33.9 Å². The lowest BCUT2D eigenvalue weighted by Gasteiger charge is -2.24. The third kappa shape index (κ3) is 2.88. The second-order valence-electron chi connectivity index (χ2n) is 5.53. The Labute approximate surface area is 127 Å². The number of nitrogens with one attached hydrogen (secondary N) is 1. The maximum absolute atomic E-state index is 12.2. The van der Waals surface area contributed by atoms with E-state index >= 15 is 0 Å². The summed E-state index contributed by atoms with van der Waals surface area (Å²) in [6, 6.07) is 1.59. The minimum atomic E-state index is -0.238. The topological polar surface area (TPSA) is 89.8 Å². The minimum absolute atomic E-state index is 0.0167. The molecule has 2 aromatic heterocycles. The largest absolute Gasteiger partial charge is 0.348 e.